The first kappa shape index (κ1) is 9.50. The fourth-order valence-corrected chi connectivity index (χ4v) is 0.763. The monoisotopic (exact) mass is 172 g/mol. The Labute approximate surface area is 64.4 Å². The van der Waals surface area contributed by atoms with Crippen LogP contribution in [0.3, 0.4) is 0 Å². The Morgan fingerprint density at radius 2 is 1.33 bits per heavy atom. The van der Waals surface area contributed by atoms with Crippen molar-refractivity contribution >= 4 is 23.2 Å². The van der Waals surface area contributed by atoms with Crippen molar-refractivity contribution in [2.75, 3.05) is 0 Å². The van der Waals surface area contributed by atoms with E-state index < -0.39 is 11.1 Å². The Bertz CT molecular complexity index is 58.0. The van der Waals surface area contributed by atoms with Crippen LogP contribution < -0.4 is 0 Å². The first-order valence-electron chi connectivity index (χ1n) is 2.77. The van der Waals surface area contributed by atoms with Crippen LogP contribution >= 0.6 is 23.2 Å². The summed E-state index contributed by atoms with van der Waals surface area (Å²) in [6, 6.07) is 0. The quantitative estimate of drug-likeness (QED) is 0.628. The average molecular weight is 173 g/mol. The SMILES string of the molecule is OC(Cl)CCC[C@@H](O)Cl. The molecule has 9 heavy (non-hydrogen) atoms. The van der Waals surface area contributed by atoms with E-state index in [9.17, 15) is 0 Å². The van der Waals surface area contributed by atoms with Crippen molar-refractivity contribution in [1.82, 2.24) is 0 Å². The van der Waals surface area contributed by atoms with Gasteiger partial charge in [-0.25, -0.2) is 0 Å². The highest BCUT2D eigenvalue weighted by Gasteiger charge is 2.00. The normalized spacial score (nSPS) is 17.3. The number of alkyl halides is 2. The molecule has 0 fully saturated rings. The van der Waals surface area contributed by atoms with Gasteiger partial charge in [-0.1, -0.05) is 23.2 Å². The van der Waals surface area contributed by atoms with E-state index in [2.05, 4.69) is 0 Å². The maximum Gasteiger partial charge on any atom is 0.128 e. The number of rotatable bonds is 4. The van der Waals surface area contributed by atoms with Crippen LogP contribution in [0.25, 0.3) is 0 Å². The lowest BCUT2D eigenvalue weighted by molar-refractivity contribution is 0.213. The smallest absolute Gasteiger partial charge is 0.128 e. The highest BCUT2D eigenvalue weighted by atomic mass is 35.5. The van der Waals surface area contributed by atoms with Crippen LogP contribution in [0, 0.1) is 0 Å². The minimum absolute atomic E-state index is 0.478. The van der Waals surface area contributed by atoms with Crippen molar-refractivity contribution in [2.24, 2.45) is 0 Å². The Kier molecular flexibility index (Phi) is 5.59. The van der Waals surface area contributed by atoms with E-state index in [1.165, 1.54) is 0 Å². The van der Waals surface area contributed by atoms with Gasteiger partial charge in [0.2, 0.25) is 0 Å². The zero-order chi connectivity index (χ0) is 7.28. The van der Waals surface area contributed by atoms with E-state index >= 15 is 0 Å². The molecule has 2 nitrogen and oxygen atoms in total. The predicted octanol–water partition coefficient (Wildman–Crippen LogP) is 1.27. The first-order chi connectivity index (χ1) is 4.13. The molecule has 0 saturated carbocycles. The van der Waals surface area contributed by atoms with Crippen LogP contribution in [-0.4, -0.2) is 21.3 Å². The molecule has 56 valence electrons. The molecule has 4 heteroatoms. The third-order valence-electron chi connectivity index (χ3n) is 0.885. The first-order valence-corrected chi connectivity index (χ1v) is 3.64. The third-order valence-corrected chi connectivity index (χ3v) is 1.32. The molecular weight excluding hydrogens is 163 g/mol. The molecule has 0 spiro atoms. The van der Waals surface area contributed by atoms with Gasteiger partial charge in [0.25, 0.3) is 0 Å². The summed E-state index contributed by atoms with van der Waals surface area (Å²) in [6.45, 7) is 0. The molecule has 2 N–H and O–H groups in total. The van der Waals surface area contributed by atoms with Gasteiger partial charge in [0.1, 0.15) is 11.1 Å². The van der Waals surface area contributed by atoms with Gasteiger partial charge in [-0.05, 0) is 19.3 Å². The van der Waals surface area contributed by atoms with Gasteiger partial charge in [-0.15, -0.1) is 0 Å². The van der Waals surface area contributed by atoms with Crippen molar-refractivity contribution in [3.63, 3.8) is 0 Å². The molecular formula is C5H10Cl2O2. The lowest BCUT2D eigenvalue weighted by atomic mass is 10.2. The van der Waals surface area contributed by atoms with Gasteiger partial charge in [-0.2, -0.15) is 0 Å². The molecule has 0 aliphatic carbocycles. The van der Waals surface area contributed by atoms with Crippen LogP contribution in [0.2, 0.25) is 0 Å². The molecule has 0 rings (SSSR count). The predicted molar refractivity (Wildman–Crippen MR) is 37.6 cm³/mol. The topological polar surface area (TPSA) is 40.5 Å². The Hall–Kier alpha value is 0.500. The molecule has 0 aliphatic heterocycles. The molecule has 2 atom stereocenters. The molecule has 0 saturated heterocycles. The molecule has 0 heterocycles. The Morgan fingerprint density at radius 1 is 1.00 bits per heavy atom. The molecule has 0 aliphatic rings. The van der Waals surface area contributed by atoms with E-state index in [4.69, 9.17) is 33.4 Å². The van der Waals surface area contributed by atoms with Crippen LogP contribution in [0.15, 0.2) is 0 Å². The summed E-state index contributed by atoms with van der Waals surface area (Å²) in [4.78, 5) is 0. The van der Waals surface area contributed by atoms with Gasteiger partial charge < -0.3 is 10.2 Å². The largest absolute Gasteiger partial charge is 0.378 e. The van der Waals surface area contributed by atoms with Crippen molar-refractivity contribution in [1.29, 1.82) is 0 Å². The number of halogens is 2. The Morgan fingerprint density at radius 3 is 1.56 bits per heavy atom. The summed E-state index contributed by atoms with van der Waals surface area (Å²) in [5, 5.41) is 17.0. The summed E-state index contributed by atoms with van der Waals surface area (Å²) in [5.41, 5.74) is -1.61. The second kappa shape index (κ2) is 5.30. The zero-order valence-electron chi connectivity index (χ0n) is 4.93. The van der Waals surface area contributed by atoms with E-state index in [1.54, 1.807) is 0 Å². The summed E-state index contributed by atoms with van der Waals surface area (Å²) >= 11 is 10.4. The van der Waals surface area contributed by atoms with Gasteiger partial charge in [0.15, 0.2) is 0 Å². The van der Waals surface area contributed by atoms with Crippen molar-refractivity contribution in [3.8, 4) is 0 Å². The van der Waals surface area contributed by atoms with Crippen LogP contribution in [-0.2, 0) is 0 Å². The second-order valence-electron chi connectivity index (χ2n) is 1.80. The van der Waals surface area contributed by atoms with Crippen molar-refractivity contribution in [3.05, 3.63) is 0 Å². The molecule has 0 bridgehead atoms. The fourth-order valence-electron chi connectivity index (χ4n) is 0.455. The molecule has 0 aromatic heterocycles. The highest BCUT2D eigenvalue weighted by Crippen LogP contribution is 2.08. The van der Waals surface area contributed by atoms with Crippen molar-refractivity contribution in [2.45, 2.75) is 30.4 Å². The zero-order valence-corrected chi connectivity index (χ0v) is 6.44. The van der Waals surface area contributed by atoms with E-state index in [1.807, 2.05) is 0 Å². The van der Waals surface area contributed by atoms with Crippen molar-refractivity contribution < 1.29 is 10.2 Å². The maximum absolute atomic E-state index is 8.51. The summed E-state index contributed by atoms with van der Waals surface area (Å²) in [7, 11) is 0. The van der Waals surface area contributed by atoms with Gasteiger partial charge >= 0.3 is 0 Å². The minimum Gasteiger partial charge on any atom is -0.378 e. The van der Waals surface area contributed by atoms with E-state index in [0.29, 0.717) is 19.3 Å². The van der Waals surface area contributed by atoms with Gasteiger partial charge in [0.05, 0.1) is 0 Å². The van der Waals surface area contributed by atoms with Crippen LogP contribution in [0.4, 0.5) is 0 Å². The van der Waals surface area contributed by atoms with Crippen LogP contribution in [0.5, 0.6) is 0 Å². The standard InChI is InChI=1S/C5H10Cl2O2/c6-4(8)2-1-3-5(7)9/h4-5,8-9H,1-3H2/t4-,5?/m1/s1. The highest BCUT2D eigenvalue weighted by molar-refractivity contribution is 6.19. The minimum atomic E-state index is -0.805. The lowest BCUT2D eigenvalue weighted by Gasteiger charge is -2.01. The van der Waals surface area contributed by atoms with Gasteiger partial charge in [-0.3, -0.25) is 0 Å². The Balaban J connectivity index is 2.91. The number of aliphatic hydroxyl groups is 2. The maximum atomic E-state index is 8.51. The number of aliphatic hydroxyl groups excluding tert-OH is 2. The summed E-state index contributed by atoms with van der Waals surface area (Å²) < 4.78 is 0. The summed E-state index contributed by atoms with van der Waals surface area (Å²) in [6.07, 6.45) is 1.60. The number of hydrogen-bond donors (Lipinski definition) is 2. The molecule has 0 aromatic carbocycles. The van der Waals surface area contributed by atoms with E-state index in [-0.39, 0.29) is 0 Å². The van der Waals surface area contributed by atoms with Gasteiger partial charge in [0, 0.05) is 0 Å². The second-order valence-corrected chi connectivity index (χ2v) is 2.81. The lowest BCUT2D eigenvalue weighted by Crippen LogP contribution is -1.99. The average Bonchev–Trinajstić information content (AvgIpc) is 1.63. The number of hydrogen-bond acceptors (Lipinski definition) is 2. The summed E-state index contributed by atoms with van der Waals surface area (Å²) in [5.74, 6) is 0. The molecule has 1 unspecified atom stereocenters. The van der Waals surface area contributed by atoms with E-state index in [0.717, 1.165) is 0 Å². The van der Waals surface area contributed by atoms with Crippen LogP contribution in [0.1, 0.15) is 19.3 Å². The fraction of sp³-hybridized carbons (Fsp3) is 1.00. The molecule has 0 radical (unpaired) electrons. The third kappa shape index (κ3) is 8.50. The molecule has 0 aromatic rings. The molecule has 0 amide bonds.